The molecule has 2 aliphatic heterocycles. The molecule has 2 aliphatic rings. The van der Waals surface area contributed by atoms with Crippen LogP contribution >= 0.6 is 11.6 Å². The van der Waals surface area contributed by atoms with Crippen LogP contribution < -0.4 is 10.2 Å². The van der Waals surface area contributed by atoms with Crippen molar-refractivity contribution in [1.82, 2.24) is 15.1 Å². The largest absolute Gasteiger partial charge is 0.368 e. The summed E-state index contributed by atoms with van der Waals surface area (Å²) in [5.74, 6) is -0.531. The number of hydrogen-bond donors (Lipinski definition) is 1. The molecule has 0 radical (unpaired) electrons. The van der Waals surface area contributed by atoms with Crippen molar-refractivity contribution in [3.8, 4) is 0 Å². The van der Waals surface area contributed by atoms with Crippen LogP contribution in [0.25, 0.3) is 0 Å². The third-order valence-corrected chi connectivity index (χ3v) is 6.63. The van der Waals surface area contributed by atoms with Gasteiger partial charge in [0.25, 0.3) is 0 Å². The number of nitrogens with one attached hydrogen (secondary N) is 1. The van der Waals surface area contributed by atoms with Gasteiger partial charge in [0, 0.05) is 50.0 Å². The van der Waals surface area contributed by atoms with Crippen LogP contribution in [0.4, 0.5) is 10.1 Å². The third-order valence-electron chi connectivity index (χ3n) is 6.39. The number of piperazine rings is 1. The van der Waals surface area contributed by atoms with E-state index in [1.165, 1.54) is 12.1 Å². The Kier molecular flexibility index (Phi) is 7.83. The second-order valence-electron chi connectivity index (χ2n) is 8.77. The SMILES string of the molecule is O=C(NCC(=O)N1CCN(c2cccc(Cl)c2)CC1)C1CCCN(Cc2cccc(F)c2)C1. The normalized spacial score (nSPS) is 19.4. The summed E-state index contributed by atoms with van der Waals surface area (Å²) in [4.78, 5) is 31.6. The molecule has 176 valence electrons. The highest BCUT2D eigenvalue weighted by atomic mass is 35.5. The van der Waals surface area contributed by atoms with Gasteiger partial charge in [-0.15, -0.1) is 0 Å². The molecule has 2 aromatic rings. The van der Waals surface area contributed by atoms with E-state index in [0.717, 1.165) is 43.7 Å². The number of anilines is 1. The van der Waals surface area contributed by atoms with Gasteiger partial charge in [-0.05, 0) is 55.3 Å². The van der Waals surface area contributed by atoms with Crippen molar-refractivity contribution >= 4 is 29.1 Å². The molecule has 0 saturated carbocycles. The van der Waals surface area contributed by atoms with Crippen LogP contribution in [0.3, 0.4) is 0 Å². The van der Waals surface area contributed by atoms with Gasteiger partial charge >= 0.3 is 0 Å². The summed E-state index contributed by atoms with van der Waals surface area (Å²) in [6.45, 7) is 4.85. The predicted octanol–water partition coefficient (Wildman–Crippen LogP) is 3.16. The Hall–Kier alpha value is -2.64. The van der Waals surface area contributed by atoms with E-state index in [4.69, 9.17) is 11.6 Å². The molecule has 2 saturated heterocycles. The van der Waals surface area contributed by atoms with Crippen LogP contribution in [0.2, 0.25) is 5.02 Å². The molecule has 2 fully saturated rings. The van der Waals surface area contributed by atoms with Crippen molar-refractivity contribution in [2.75, 3.05) is 50.7 Å². The molecule has 33 heavy (non-hydrogen) atoms. The first kappa shape index (κ1) is 23.5. The van der Waals surface area contributed by atoms with Gasteiger partial charge in [-0.3, -0.25) is 14.5 Å². The summed E-state index contributed by atoms with van der Waals surface area (Å²) >= 11 is 6.08. The molecule has 4 rings (SSSR count). The van der Waals surface area contributed by atoms with Crippen molar-refractivity contribution in [3.63, 3.8) is 0 Å². The van der Waals surface area contributed by atoms with Crippen LogP contribution in [0.1, 0.15) is 18.4 Å². The zero-order valence-corrected chi connectivity index (χ0v) is 19.4. The second kappa shape index (κ2) is 11.0. The molecule has 0 aliphatic carbocycles. The number of benzene rings is 2. The molecule has 0 aromatic heterocycles. The Morgan fingerprint density at radius 1 is 1.03 bits per heavy atom. The Bertz CT molecular complexity index is 980. The van der Waals surface area contributed by atoms with E-state index in [2.05, 4.69) is 15.1 Å². The first-order valence-electron chi connectivity index (χ1n) is 11.5. The van der Waals surface area contributed by atoms with E-state index in [9.17, 15) is 14.0 Å². The fourth-order valence-electron chi connectivity index (χ4n) is 4.61. The molecular weight excluding hydrogens is 443 g/mol. The molecule has 2 heterocycles. The lowest BCUT2D eigenvalue weighted by Crippen LogP contribution is -2.52. The average molecular weight is 473 g/mol. The Labute approximate surface area is 199 Å². The minimum Gasteiger partial charge on any atom is -0.368 e. The van der Waals surface area contributed by atoms with Crippen molar-refractivity contribution in [2.24, 2.45) is 5.92 Å². The molecule has 0 spiro atoms. The maximum Gasteiger partial charge on any atom is 0.242 e. The molecule has 1 unspecified atom stereocenters. The van der Waals surface area contributed by atoms with E-state index in [1.54, 1.807) is 11.0 Å². The number of hydrogen-bond acceptors (Lipinski definition) is 4. The van der Waals surface area contributed by atoms with Gasteiger partial charge in [-0.2, -0.15) is 0 Å². The lowest BCUT2D eigenvalue weighted by molar-refractivity contribution is -0.134. The van der Waals surface area contributed by atoms with Crippen molar-refractivity contribution in [3.05, 3.63) is 64.9 Å². The Morgan fingerprint density at radius 3 is 2.58 bits per heavy atom. The van der Waals surface area contributed by atoms with Crippen LogP contribution in [0.5, 0.6) is 0 Å². The van der Waals surface area contributed by atoms with Crippen LogP contribution in [-0.4, -0.2) is 67.4 Å². The predicted molar refractivity (Wildman–Crippen MR) is 128 cm³/mol. The molecule has 1 N–H and O–H groups in total. The van der Waals surface area contributed by atoms with Gasteiger partial charge in [-0.25, -0.2) is 4.39 Å². The molecule has 8 heteroatoms. The molecule has 2 aromatic carbocycles. The van der Waals surface area contributed by atoms with Crippen LogP contribution in [0.15, 0.2) is 48.5 Å². The van der Waals surface area contributed by atoms with Gasteiger partial charge in [-0.1, -0.05) is 29.8 Å². The van der Waals surface area contributed by atoms with Crippen LogP contribution in [-0.2, 0) is 16.1 Å². The number of carbonyl (C=O) groups excluding carboxylic acids is 2. The van der Waals surface area contributed by atoms with E-state index in [0.29, 0.717) is 31.2 Å². The third kappa shape index (κ3) is 6.45. The average Bonchev–Trinajstić information content (AvgIpc) is 2.82. The maximum atomic E-state index is 13.5. The van der Waals surface area contributed by atoms with Crippen molar-refractivity contribution < 1.29 is 14.0 Å². The maximum absolute atomic E-state index is 13.5. The van der Waals surface area contributed by atoms with Gasteiger partial charge in [0.15, 0.2) is 0 Å². The summed E-state index contributed by atoms with van der Waals surface area (Å²) in [7, 11) is 0. The zero-order chi connectivity index (χ0) is 23.2. The van der Waals surface area contributed by atoms with Crippen molar-refractivity contribution in [1.29, 1.82) is 0 Å². The first-order chi connectivity index (χ1) is 16.0. The lowest BCUT2D eigenvalue weighted by Gasteiger charge is -2.36. The highest BCUT2D eigenvalue weighted by molar-refractivity contribution is 6.30. The molecule has 2 amide bonds. The van der Waals surface area contributed by atoms with E-state index >= 15 is 0 Å². The standard InChI is InChI=1S/C25H30ClFN4O2/c26-21-6-2-8-23(15-21)30-10-12-31(13-11-30)24(32)16-28-25(33)20-5-3-9-29(18-20)17-19-4-1-7-22(27)14-19/h1-2,4,6-8,14-15,20H,3,5,9-13,16-18H2,(H,28,33). The number of carbonyl (C=O) groups is 2. The van der Waals surface area contributed by atoms with E-state index in [-0.39, 0.29) is 30.1 Å². The van der Waals surface area contributed by atoms with Gasteiger partial charge in [0.05, 0.1) is 12.5 Å². The molecule has 6 nitrogen and oxygen atoms in total. The lowest BCUT2D eigenvalue weighted by atomic mass is 9.96. The Morgan fingerprint density at radius 2 is 1.82 bits per heavy atom. The van der Waals surface area contributed by atoms with E-state index < -0.39 is 0 Å². The number of amides is 2. The Balaban J connectivity index is 1.21. The fraction of sp³-hybridized carbons (Fsp3) is 0.440. The van der Waals surface area contributed by atoms with Gasteiger partial charge < -0.3 is 15.1 Å². The molecule has 1 atom stereocenters. The highest BCUT2D eigenvalue weighted by Crippen LogP contribution is 2.21. The molecule has 0 bridgehead atoms. The first-order valence-corrected chi connectivity index (χ1v) is 11.9. The number of likely N-dealkylation sites (tertiary alicyclic amines) is 1. The quantitative estimate of drug-likeness (QED) is 0.701. The topological polar surface area (TPSA) is 55.9 Å². The fourth-order valence-corrected chi connectivity index (χ4v) is 4.80. The monoisotopic (exact) mass is 472 g/mol. The van der Waals surface area contributed by atoms with E-state index in [1.807, 2.05) is 30.3 Å². The minimum atomic E-state index is -0.245. The zero-order valence-electron chi connectivity index (χ0n) is 18.7. The smallest absolute Gasteiger partial charge is 0.242 e. The second-order valence-corrected chi connectivity index (χ2v) is 9.21. The number of rotatable bonds is 6. The summed E-state index contributed by atoms with van der Waals surface area (Å²) in [5, 5.41) is 3.55. The summed E-state index contributed by atoms with van der Waals surface area (Å²) in [5.41, 5.74) is 1.96. The highest BCUT2D eigenvalue weighted by Gasteiger charge is 2.27. The van der Waals surface area contributed by atoms with Gasteiger partial charge in [0.1, 0.15) is 5.82 Å². The number of piperidine rings is 1. The summed E-state index contributed by atoms with van der Waals surface area (Å²) in [6, 6.07) is 14.3. The summed E-state index contributed by atoms with van der Waals surface area (Å²) < 4.78 is 13.5. The van der Waals surface area contributed by atoms with Gasteiger partial charge in [0.2, 0.25) is 11.8 Å². The minimum absolute atomic E-state index is 0.0242. The van der Waals surface area contributed by atoms with Crippen LogP contribution in [0, 0.1) is 11.7 Å². The van der Waals surface area contributed by atoms with Crippen molar-refractivity contribution in [2.45, 2.75) is 19.4 Å². The molecular formula is C25H30ClFN4O2. The number of nitrogens with zero attached hydrogens (tertiary/aromatic N) is 3. The number of halogens is 2. The summed E-state index contributed by atoms with van der Waals surface area (Å²) in [6.07, 6.45) is 1.71.